The zero-order valence-corrected chi connectivity index (χ0v) is 15.4. The molecule has 3 N–H and O–H groups in total. The van der Waals surface area contributed by atoms with Gasteiger partial charge in [-0.3, -0.25) is 15.2 Å². The van der Waals surface area contributed by atoms with E-state index in [1.165, 1.54) is 11.3 Å². The molecule has 2 aromatic heterocycles. The van der Waals surface area contributed by atoms with Crippen LogP contribution in [0.5, 0.6) is 5.75 Å². The average molecular weight is 379 g/mol. The Morgan fingerprint density at radius 3 is 3.00 bits per heavy atom. The van der Waals surface area contributed by atoms with Crippen LogP contribution in [-0.4, -0.2) is 33.7 Å². The van der Waals surface area contributed by atoms with Crippen LogP contribution in [0, 0.1) is 0 Å². The van der Waals surface area contributed by atoms with Gasteiger partial charge in [0.05, 0.1) is 29.0 Å². The Labute approximate surface area is 158 Å². The number of H-pyrrole nitrogens is 1. The van der Waals surface area contributed by atoms with Crippen molar-refractivity contribution < 1.29 is 9.53 Å². The minimum atomic E-state index is -0.588. The average Bonchev–Trinajstić information content (AvgIpc) is 3.12. The Morgan fingerprint density at radius 2 is 2.19 bits per heavy atom. The van der Waals surface area contributed by atoms with Crippen molar-refractivity contribution in [2.24, 2.45) is 0 Å². The van der Waals surface area contributed by atoms with Gasteiger partial charge < -0.3 is 10.1 Å². The number of hydrogen-bond donors (Lipinski definition) is 3. The Balaban J connectivity index is 1.38. The molecule has 0 spiro atoms. The lowest BCUT2D eigenvalue weighted by Gasteiger charge is -2.18. The number of fused-ring (bicyclic) bond motifs is 3. The van der Waals surface area contributed by atoms with Gasteiger partial charge in [-0.15, -0.1) is 0 Å². The zero-order valence-electron chi connectivity index (χ0n) is 14.6. The van der Waals surface area contributed by atoms with E-state index in [9.17, 15) is 4.79 Å². The summed E-state index contributed by atoms with van der Waals surface area (Å²) >= 11 is 1.47. The molecule has 27 heavy (non-hydrogen) atoms. The molecule has 1 saturated carbocycles. The Bertz CT molecular complexity index is 1160. The van der Waals surface area contributed by atoms with Gasteiger partial charge in [-0.25, -0.2) is 4.98 Å². The number of ether oxygens (including phenoxy) is 1. The van der Waals surface area contributed by atoms with Crippen molar-refractivity contribution in [1.29, 1.82) is 0 Å². The standard InChI is InChI=1S/C19H17N5O2S/c1-26-12-4-2-3-11(9-12)23-19(7-8-19)17(25)22-18-21-15-6-5-14-13(10-20-24-14)16(15)27-18/h2-6,9-10,23H,7-8H2,1H3,(H,20,24)(H,21,22,25). The van der Waals surface area contributed by atoms with Gasteiger partial charge in [-0.05, 0) is 37.1 Å². The minimum absolute atomic E-state index is 0.0622. The number of rotatable bonds is 5. The molecule has 1 fully saturated rings. The number of carbonyl (C=O) groups excluding carboxylic acids is 1. The van der Waals surface area contributed by atoms with Crippen LogP contribution in [0.2, 0.25) is 0 Å². The fraction of sp³-hybridized carbons (Fsp3) is 0.211. The van der Waals surface area contributed by atoms with Crippen molar-refractivity contribution in [2.75, 3.05) is 17.7 Å². The Morgan fingerprint density at radius 1 is 1.30 bits per heavy atom. The first-order chi connectivity index (χ1) is 13.2. The third-order valence-corrected chi connectivity index (χ3v) is 5.85. The molecular weight excluding hydrogens is 362 g/mol. The van der Waals surface area contributed by atoms with Crippen LogP contribution in [0.1, 0.15) is 12.8 Å². The quantitative estimate of drug-likeness (QED) is 0.491. The SMILES string of the molecule is COc1cccc(NC2(C(=O)Nc3nc4ccc5[nH]ncc5c4s3)CC2)c1. The molecule has 136 valence electrons. The molecule has 2 aromatic carbocycles. The first-order valence-corrected chi connectivity index (χ1v) is 9.45. The molecule has 5 rings (SSSR count). The molecule has 0 bridgehead atoms. The second-order valence-electron chi connectivity index (χ2n) is 6.66. The van der Waals surface area contributed by atoms with Crippen LogP contribution < -0.4 is 15.4 Å². The fourth-order valence-corrected chi connectivity index (χ4v) is 4.16. The fourth-order valence-electron chi connectivity index (χ4n) is 3.19. The largest absolute Gasteiger partial charge is 0.497 e. The van der Waals surface area contributed by atoms with Gasteiger partial charge in [0.15, 0.2) is 5.13 Å². The van der Waals surface area contributed by atoms with Crippen LogP contribution in [0.3, 0.4) is 0 Å². The van der Waals surface area contributed by atoms with Crippen molar-refractivity contribution in [3.05, 3.63) is 42.6 Å². The second kappa shape index (κ2) is 5.95. The smallest absolute Gasteiger partial charge is 0.251 e. The first-order valence-electron chi connectivity index (χ1n) is 8.63. The number of amides is 1. The number of aromatic amines is 1. The van der Waals surface area contributed by atoms with Crippen LogP contribution >= 0.6 is 11.3 Å². The maximum Gasteiger partial charge on any atom is 0.251 e. The normalized spacial score (nSPS) is 15.0. The maximum absolute atomic E-state index is 12.9. The number of nitrogens with zero attached hydrogens (tertiary/aromatic N) is 2. The van der Waals surface area contributed by atoms with Crippen molar-refractivity contribution >= 4 is 49.2 Å². The summed E-state index contributed by atoms with van der Waals surface area (Å²) in [6.45, 7) is 0. The Hall–Kier alpha value is -3.13. The lowest BCUT2D eigenvalue weighted by molar-refractivity contribution is -0.117. The molecular formula is C19H17N5O2S. The van der Waals surface area contributed by atoms with Crippen LogP contribution in [0.15, 0.2) is 42.6 Å². The summed E-state index contributed by atoms with van der Waals surface area (Å²) < 4.78 is 6.27. The van der Waals surface area contributed by atoms with E-state index < -0.39 is 5.54 Å². The highest BCUT2D eigenvalue weighted by atomic mass is 32.1. The number of nitrogens with one attached hydrogen (secondary N) is 3. The van der Waals surface area contributed by atoms with Crippen molar-refractivity contribution in [3.63, 3.8) is 0 Å². The van der Waals surface area contributed by atoms with Crippen LogP contribution in [-0.2, 0) is 4.79 Å². The van der Waals surface area contributed by atoms with Crippen molar-refractivity contribution in [1.82, 2.24) is 15.2 Å². The molecule has 1 aliphatic carbocycles. The molecule has 0 unspecified atom stereocenters. The van der Waals surface area contributed by atoms with Gasteiger partial charge in [0, 0.05) is 17.1 Å². The molecule has 1 aliphatic rings. The van der Waals surface area contributed by atoms with Gasteiger partial charge in [0.1, 0.15) is 11.3 Å². The van der Waals surface area contributed by atoms with E-state index in [1.807, 2.05) is 36.4 Å². The van der Waals surface area contributed by atoms with Gasteiger partial charge >= 0.3 is 0 Å². The van der Waals surface area contributed by atoms with Gasteiger partial charge in [-0.2, -0.15) is 5.10 Å². The predicted molar refractivity (Wildman–Crippen MR) is 106 cm³/mol. The van der Waals surface area contributed by atoms with E-state index in [0.717, 1.165) is 45.4 Å². The molecule has 4 aromatic rings. The van der Waals surface area contributed by atoms with E-state index in [1.54, 1.807) is 13.3 Å². The lowest BCUT2D eigenvalue weighted by atomic mass is 10.2. The number of benzene rings is 2. The summed E-state index contributed by atoms with van der Waals surface area (Å²) in [5.74, 6) is 0.694. The van der Waals surface area contributed by atoms with Crippen molar-refractivity contribution in [3.8, 4) is 5.75 Å². The highest BCUT2D eigenvalue weighted by Gasteiger charge is 2.50. The topological polar surface area (TPSA) is 91.9 Å². The number of thiazole rings is 1. The van der Waals surface area contributed by atoms with E-state index >= 15 is 0 Å². The van der Waals surface area contributed by atoms with Crippen LogP contribution in [0.4, 0.5) is 10.8 Å². The molecule has 0 radical (unpaired) electrons. The highest BCUT2D eigenvalue weighted by molar-refractivity contribution is 7.23. The van der Waals surface area contributed by atoms with Gasteiger partial charge in [0.25, 0.3) is 5.91 Å². The van der Waals surface area contributed by atoms with Gasteiger partial charge in [0.2, 0.25) is 0 Å². The number of methoxy groups -OCH3 is 1. The minimum Gasteiger partial charge on any atom is -0.497 e. The Kier molecular flexibility index (Phi) is 3.54. The molecule has 7 nitrogen and oxygen atoms in total. The maximum atomic E-state index is 12.9. The van der Waals surface area contributed by atoms with Crippen LogP contribution in [0.25, 0.3) is 21.1 Å². The summed E-state index contributed by atoms with van der Waals surface area (Å²) in [6, 6.07) is 11.5. The highest BCUT2D eigenvalue weighted by Crippen LogP contribution is 2.41. The lowest BCUT2D eigenvalue weighted by Crippen LogP contribution is -2.36. The molecule has 1 amide bonds. The predicted octanol–water partition coefficient (Wildman–Crippen LogP) is 3.76. The first kappa shape index (κ1) is 16.1. The van der Waals surface area contributed by atoms with E-state index in [2.05, 4.69) is 25.8 Å². The third kappa shape index (κ3) is 2.78. The van der Waals surface area contributed by atoms with E-state index in [-0.39, 0.29) is 5.91 Å². The molecule has 0 atom stereocenters. The number of anilines is 2. The summed E-state index contributed by atoms with van der Waals surface area (Å²) in [6.07, 6.45) is 3.36. The van der Waals surface area contributed by atoms with E-state index in [4.69, 9.17) is 4.74 Å². The summed E-state index contributed by atoms with van der Waals surface area (Å²) in [4.78, 5) is 17.4. The van der Waals surface area contributed by atoms with Crippen molar-refractivity contribution in [2.45, 2.75) is 18.4 Å². The van der Waals surface area contributed by atoms with E-state index in [0.29, 0.717) is 5.13 Å². The third-order valence-electron chi connectivity index (χ3n) is 4.83. The second-order valence-corrected chi connectivity index (χ2v) is 7.66. The summed E-state index contributed by atoms with van der Waals surface area (Å²) in [5.41, 5.74) is 2.10. The summed E-state index contributed by atoms with van der Waals surface area (Å²) in [5, 5.41) is 15.0. The number of hydrogen-bond acceptors (Lipinski definition) is 6. The molecule has 0 aliphatic heterocycles. The molecule has 8 heteroatoms. The molecule has 2 heterocycles. The monoisotopic (exact) mass is 379 g/mol. The number of aromatic nitrogens is 3. The zero-order chi connectivity index (χ0) is 18.4. The van der Waals surface area contributed by atoms with Gasteiger partial charge in [-0.1, -0.05) is 17.4 Å². The summed E-state index contributed by atoms with van der Waals surface area (Å²) in [7, 11) is 1.63. The number of carbonyl (C=O) groups is 1. The molecule has 0 saturated heterocycles.